The molecule has 2 nitrogen and oxygen atoms in total. The fourth-order valence-corrected chi connectivity index (χ4v) is 2.61. The van der Waals surface area contributed by atoms with Crippen LogP contribution >= 0.6 is 0 Å². The third-order valence-electron chi connectivity index (χ3n) is 3.46. The van der Waals surface area contributed by atoms with E-state index in [1.807, 2.05) is 6.07 Å². The van der Waals surface area contributed by atoms with Crippen LogP contribution in [-0.4, -0.2) is 13.2 Å². The average molecular weight is 221 g/mol. The largest absolute Gasteiger partial charge is 0.493 e. The van der Waals surface area contributed by atoms with E-state index in [2.05, 4.69) is 5.32 Å². The zero-order valence-electron chi connectivity index (χ0n) is 9.26. The molecule has 0 unspecified atom stereocenters. The maximum atomic E-state index is 13.9. The predicted molar refractivity (Wildman–Crippen MR) is 60.2 cm³/mol. The Labute approximate surface area is 94.8 Å². The molecule has 1 fully saturated rings. The smallest absolute Gasteiger partial charge is 0.131 e. The van der Waals surface area contributed by atoms with Gasteiger partial charge in [0.15, 0.2) is 0 Å². The van der Waals surface area contributed by atoms with E-state index in [1.165, 1.54) is 0 Å². The normalized spacial score (nSPS) is 23.9. The Morgan fingerprint density at radius 2 is 2.25 bits per heavy atom. The van der Waals surface area contributed by atoms with Crippen molar-refractivity contribution < 1.29 is 9.13 Å². The predicted octanol–water partition coefficient (Wildman–Crippen LogP) is 2.58. The monoisotopic (exact) mass is 221 g/mol. The molecule has 0 bridgehead atoms. The van der Waals surface area contributed by atoms with E-state index in [-0.39, 0.29) is 11.9 Å². The summed E-state index contributed by atoms with van der Waals surface area (Å²) in [5, 5.41) is 3.34. The number of rotatable bonds is 1. The summed E-state index contributed by atoms with van der Waals surface area (Å²) in [5.41, 5.74) is 1.98. The topological polar surface area (TPSA) is 21.3 Å². The van der Waals surface area contributed by atoms with Gasteiger partial charge in [0.1, 0.15) is 11.6 Å². The van der Waals surface area contributed by atoms with Crippen LogP contribution < -0.4 is 10.1 Å². The molecule has 0 radical (unpaired) electrons. The van der Waals surface area contributed by atoms with Gasteiger partial charge in [0.2, 0.25) is 0 Å². The first-order valence-corrected chi connectivity index (χ1v) is 6.03. The van der Waals surface area contributed by atoms with Crippen LogP contribution in [-0.2, 0) is 6.42 Å². The van der Waals surface area contributed by atoms with Crippen molar-refractivity contribution in [3.05, 3.63) is 29.1 Å². The Balaban J connectivity index is 1.98. The molecule has 86 valence electrons. The summed E-state index contributed by atoms with van der Waals surface area (Å²) >= 11 is 0. The van der Waals surface area contributed by atoms with Crippen molar-refractivity contribution >= 4 is 0 Å². The van der Waals surface area contributed by atoms with Crippen molar-refractivity contribution in [1.82, 2.24) is 5.32 Å². The Morgan fingerprint density at radius 1 is 1.31 bits per heavy atom. The van der Waals surface area contributed by atoms with Gasteiger partial charge < -0.3 is 10.1 Å². The van der Waals surface area contributed by atoms with Crippen LogP contribution in [0.2, 0.25) is 0 Å². The second-order valence-corrected chi connectivity index (χ2v) is 4.58. The lowest BCUT2D eigenvalue weighted by Crippen LogP contribution is -2.16. The van der Waals surface area contributed by atoms with E-state index >= 15 is 0 Å². The number of benzene rings is 1. The molecule has 2 heterocycles. The molecule has 0 aromatic heterocycles. The molecule has 3 rings (SSSR count). The number of hydrogen-bond donors (Lipinski definition) is 1. The number of ether oxygens (including phenoxy) is 1. The van der Waals surface area contributed by atoms with Gasteiger partial charge in [-0.25, -0.2) is 4.39 Å². The molecular weight excluding hydrogens is 205 g/mol. The molecule has 3 heteroatoms. The molecular formula is C13H16FNO. The number of aryl methyl sites for hydroxylation is 1. The Morgan fingerprint density at radius 3 is 3.06 bits per heavy atom. The minimum atomic E-state index is -0.125. The molecule has 2 aliphatic rings. The summed E-state index contributed by atoms with van der Waals surface area (Å²) in [6, 6.07) is 3.75. The second-order valence-electron chi connectivity index (χ2n) is 4.58. The van der Waals surface area contributed by atoms with Gasteiger partial charge in [-0.2, -0.15) is 0 Å². The molecule has 1 atom stereocenters. The lowest BCUT2D eigenvalue weighted by Gasteiger charge is -2.20. The van der Waals surface area contributed by atoms with Crippen LogP contribution in [0.25, 0.3) is 0 Å². The van der Waals surface area contributed by atoms with Crippen molar-refractivity contribution in [2.45, 2.75) is 31.7 Å². The van der Waals surface area contributed by atoms with Crippen LogP contribution in [0.1, 0.15) is 36.4 Å². The molecule has 16 heavy (non-hydrogen) atoms. The first-order chi connectivity index (χ1) is 7.84. The van der Waals surface area contributed by atoms with Gasteiger partial charge in [-0.15, -0.1) is 0 Å². The van der Waals surface area contributed by atoms with Crippen molar-refractivity contribution in [2.24, 2.45) is 0 Å². The third-order valence-corrected chi connectivity index (χ3v) is 3.46. The van der Waals surface area contributed by atoms with Gasteiger partial charge in [-0.1, -0.05) is 0 Å². The Hall–Kier alpha value is -1.09. The number of fused-ring (bicyclic) bond motifs is 1. The first kappa shape index (κ1) is 10.1. The highest BCUT2D eigenvalue weighted by atomic mass is 19.1. The molecule has 1 N–H and O–H groups in total. The summed E-state index contributed by atoms with van der Waals surface area (Å²) in [4.78, 5) is 0. The third kappa shape index (κ3) is 1.69. The fraction of sp³-hybridized carbons (Fsp3) is 0.538. The van der Waals surface area contributed by atoms with Crippen molar-refractivity contribution in [3.63, 3.8) is 0 Å². The van der Waals surface area contributed by atoms with Crippen LogP contribution in [0.15, 0.2) is 12.1 Å². The quantitative estimate of drug-likeness (QED) is 0.787. The van der Waals surface area contributed by atoms with Crippen molar-refractivity contribution in [1.29, 1.82) is 0 Å². The first-order valence-electron chi connectivity index (χ1n) is 6.03. The van der Waals surface area contributed by atoms with E-state index in [0.29, 0.717) is 6.61 Å². The van der Waals surface area contributed by atoms with Crippen LogP contribution in [0.3, 0.4) is 0 Å². The summed E-state index contributed by atoms with van der Waals surface area (Å²) in [6.45, 7) is 1.71. The maximum absolute atomic E-state index is 13.9. The standard InChI is InChI=1S/C13H16FNO/c14-11-8-13-9(3-2-6-16-13)7-10(11)12-4-1-5-15-12/h7-8,12,15H,1-6H2/t12-/m1/s1. The van der Waals surface area contributed by atoms with E-state index in [1.54, 1.807) is 6.07 Å². The summed E-state index contributed by atoms with van der Waals surface area (Å²) < 4.78 is 19.4. The van der Waals surface area contributed by atoms with Crippen molar-refractivity contribution in [3.8, 4) is 5.75 Å². The molecule has 0 saturated carbocycles. The van der Waals surface area contributed by atoms with Gasteiger partial charge >= 0.3 is 0 Å². The molecule has 0 spiro atoms. The van der Waals surface area contributed by atoms with Crippen molar-refractivity contribution in [2.75, 3.05) is 13.2 Å². The molecule has 0 amide bonds. The minimum absolute atomic E-state index is 0.125. The Kier molecular flexibility index (Phi) is 2.56. The number of nitrogens with one attached hydrogen (secondary N) is 1. The van der Waals surface area contributed by atoms with Crippen LogP contribution in [0.4, 0.5) is 4.39 Å². The molecule has 1 saturated heterocycles. The Bertz CT molecular complexity index is 399. The van der Waals surface area contributed by atoms with Gasteiger partial charge in [-0.3, -0.25) is 0 Å². The summed E-state index contributed by atoms with van der Waals surface area (Å²) in [7, 11) is 0. The highest BCUT2D eigenvalue weighted by Gasteiger charge is 2.22. The van der Waals surface area contributed by atoms with Gasteiger partial charge in [0.25, 0.3) is 0 Å². The summed E-state index contributed by atoms with van der Waals surface area (Å²) in [6.07, 6.45) is 4.22. The molecule has 2 aliphatic heterocycles. The number of halogens is 1. The van der Waals surface area contributed by atoms with E-state index in [4.69, 9.17) is 4.74 Å². The highest BCUT2D eigenvalue weighted by molar-refractivity contribution is 5.40. The van der Waals surface area contributed by atoms with E-state index in [0.717, 1.165) is 49.1 Å². The number of hydrogen-bond acceptors (Lipinski definition) is 2. The van der Waals surface area contributed by atoms with Crippen LogP contribution in [0, 0.1) is 5.82 Å². The van der Waals surface area contributed by atoms with Gasteiger partial charge in [0.05, 0.1) is 6.61 Å². The van der Waals surface area contributed by atoms with E-state index in [9.17, 15) is 4.39 Å². The van der Waals surface area contributed by atoms with Gasteiger partial charge in [0, 0.05) is 17.7 Å². The lowest BCUT2D eigenvalue weighted by molar-refractivity contribution is 0.286. The second kappa shape index (κ2) is 4.06. The summed E-state index contributed by atoms with van der Waals surface area (Å²) in [5.74, 6) is 0.616. The zero-order chi connectivity index (χ0) is 11.0. The molecule has 1 aromatic carbocycles. The maximum Gasteiger partial charge on any atom is 0.131 e. The molecule has 0 aliphatic carbocycles. The average Bonchev–Trinajstić information content (AvgIpc) is 2.81. The highest BCUT2D eigenvalue weighted by Crippen LogP contribution is 2.32. The van der Waals surface area contributed by atoms with E-state index < -0.39 is 0 Å². The van der Waals surface area contributed by atoms with Gasteiger partial charge in [-0.05, 0) is 43.9 Å². The minimum Gasteiger partial charge on any atom is -0.493 e. The molecule has 1 aromatic rings. The van der Waals surface area contributed by atoms with Crippen LogP contribution in [0.5, 0.6) is 5.75 Å². The lowest BCUT2D eigenvalue weighted by atomic mass is 9.98. The fourth-order valence-electron chi connectivity index (χ4n) is 2.61. The SMILES string of the molecule is Fc1cc2c(cc1[C@H]1CCCN1)CCCO2. The zero-order valence-corrected chi connectivity index (χ0v) is 9.26.